The highest BCUT2D eigenvalue weighted by molar-refractivity contribution is 14.1. The van der Waals surface area contributed by atoms with Crippen LogP contribution in [0.25, 0.3) is 0 Å². The van der Waals surface area contributed by atoms with Gasteiger partial charge in [-0.3, -0.25) is 10.1 Å². The minimum Gasteiger partial charge on any atom is -0.481 e. The van der Waals surface area contributed by atoms with Gasteiger partial charge in [-0.25, -0.2) is 4.79 Å². The second kappa shape index (κ2) is 6.18. The number of non-ortho nitro benzene ring substituents is 1. The van der Waals surface area contributed by atoms with Crippen LogP contribution in [0.5, 0.6) is 5.75 Å². The van der Waals surface area contributed by atoms with Gasteiger partial charge in [0.2, 0.25) is 0 Å². The van der Waals surface area contributed by atoms with Crippen LogP contribution in [0.3, 0.4) is 0 Å². The molecule has 6 nitrogen and oxygen atoms in total. The number of hydrogen-bond donors (Lipinski definition) is 0. The zero-order chi connectivity index (χ0) is 14.6. The van der Waals surface area contributed by atoms with Crippen molar-refractivity contribution in [3.8, 4) is 5.75 Å². The van der Waals surface area contributed by atoms with E-state index in [1.54, 1.807) is 20.8 Å². The molecule has 7 heteroatoms. The molecule has 19 heavy (non-hydrogen) atoms. The molecule has 0 N–H and O–H groups in total. The smallest absolute Gasteiger partial charge is 0.344 e. The Morgan fingerprint density at radius 1 is 1.42 bits per heavy atom. The molecule has 0 saturated heterocycles. The topological polar surface area (TPSA) is 78.7 Å². The molecule has 0 radical (unpaired) electrons. The van der Waals surface area contributed by atoms with Gasteiger partial charge in [0.15, 0.2) is 6.61 Å². The van der Waals surface area contributed by atoms with E-state index in [1.807, 2.05) is 22.6 Å². The van der Waals surface area contributed by atoms with Crippen molar-refractivity contribution in [2.45, 2.75) is 26.4 Å². The Balaban J connectivity index is 2.64. The van der Waals surface area contributed by atoms with Gasteiger partial charge in [0.05, 0.1) is 8.49 Å². The molecule has 0 amide bonds. The summed E-state index contributed by atoms with van der Waals surface area (Å²) in [6, 6.07) is 4.17. The molecule has 0 heterocycles. The molecular weight excluding hydrogens is 365 g/mol. The van der Waals surface area contributed by atoms with E-state index in [9.17, 15) is 14.9 Å². The standard InChI is InChI=1S/C12H14INO5/c1-12(2,3)19-11(15)7-18-10-5-4-8(14(16)17)6-9(10)13/h4-6H,7H2,1-3H3. The number of carbonyl (C=O) groups excluding carboxylic acids is 1. The lowest BCUT2D eigenvalue weighted by Gasteiger charge is -2.19. The van der Waals surface area contributed by atoms with Crippen molar-refractivity contribution in [2.24, 2.45) is 0 Å². The summed E-state index contributed by atoms with van der Waals surface area (Å²) in [5, 5.41) is 10.6. The highest BCUT2D eigenvalue weighted by Gasteiger charge is 2.17. The molecule has 0 aromatic heterocycles. The van der Waals surface area contributed by atoms with Crippen LogP contribution in [0.1, 0.15) is 20.8 Å². The van der Waals surface area contributed by atoms with Crippen molar-refractivity contribution in [1.82, 2.24) is 0 Å². The van der Waals surface area contributed by atoms with Gasteiger partial charge >= 0.3 is 5.97 Å². The maximum absolute atomic E-state index is 11.5. The van der Waals surface area contributed by atoms with Gasteiger partial charge in [0, 0.05) is 12.1 Å². The molecule has 0 saturated carbocycles. The predicted octanol–water partition coefficient (Wildman–Crippen LogP) is 2.92. The molecule has 0 atom stereocenters. The van der Waals surface area contributed by atoms with Gasteiger partial charge in [-0.2, -0.15) is 0 Å². The van der Waals surface area contributed by atoms with Crippen LogP contribution in [-0.4, -0.2) is 23.1 Å². The molecular formula is C12H14INO5. The van der Waals surface area contributed by atoms with Gasteiger partial charge in [0.1, 0.15) is 11.4 Å². The van der Waals surface area contributed by atoms with E-state index < -0.39 is 16.5 Å². The first-order chi connectivity index (χ1) is 8.69. The highest BCUT2D eigenvalue weighted by atomic mass is 127. The van der Waals surface area contributed by atoms with Crippen molar-refractivity contribution < 1.29 is 19.2 Å². The second-order valence-corrected chi connectivity index (χ2v) is 5.91. The van der Waals surface area contributed by atoms with Crippen LogP contribution in [0.4, 0.5) is 5.69 Å². The molecule has 1 aromatic rings. The summed E-state index contributed by atoms with van der Waals surface area (Å²) in [6.07, 6.45) is 0. The molecule has 0 aliphatic heterocycles. The number of nitro groups is 1. The zero-order valence-electron chi connectivity index (χ0n) is 10.8. The van der Waals surface area contributed by atoms with E-state index in [2.05, 4.69) is 0 Å². The molecule has 0 spiro atoms. The van der Waals surface area contributed by atoms with Crippen LogP contribution >= 0.6 is 22.6 Å². The number of esters is 1. The van der Waals surface area contributed by atoms with Gasteiger partial charge in [-0.15, -0.1) is 0 Å². The minimum absolute atomic E-state index is 0.0194. The lowest BCUT2D eigenvalue weighted by atomic mass is 10.2. The van der Waals surface area contributed by atoms with E-state index >= 15 is 0 Å². The lowest BCUT2D eigenvalue weighted by Crippen LogP contribution is -2.27. The molecule has 0 aliphatic rings. The summed E-state index contributed by atoms with van der Waals surface area (Å²) < 4.78 is 10.9. The summed E-state index contributed by atoms with van der Waals surface area (Å²) in [4.78, 5) is 21.5. The number of hydrogen-bond acceptors (Lipinski definition) is 5. The maximum atomic E-state index is 11.5. The van der Waals surface area contributed by atoms with E-state index in [4.69, 9.17) is 9.47 Å². The average molecular weight is 379 g/mol. The van der Waals surface area contributed by atoms with E-state index in [-0.39, 0.29) is 12.3 Å². The van der Waals surface area contributed by atoms with Gasteiger partial charge in [-0.05, 0) is 49.4 Å². The first-order valence-electron chi connectivity index (χ1n) is 5.47. The van der Waals surface area contributed by atoms with Crippen LogP contribution in [0.15, 0.2) is 18.2 Å². The summed E-state index contributed by atoms with van der Waals surface area (Å²) in [6.45, 7) is 5.06. The number of halogens is 1. The summed E-state index contributed by atoms with van der Waals surface area (Å²) in [7, 11) is 0. The largest absolute Gasteiger partial charge is 0.481 e. The van der Waals surface area contributed by atoms with E-state index in [0.29, 0.717) is 9.32 Å². The molecule has 104 valence electrons. The van der Waals surface area contributed by atoms with Crippen LogP contribution < -0.4 is 4.74 Å². The number of carbonyl (C=O) groups is 1. The Morgan fingerprint density at radius 3 is 2.53 bits per heavy atom. The average Bonchev–Trinajstić information content (AvgIpc) is 2.24. The normalized spacial score (nSPS) is 10.9. The summed E-state index contributed by atoms with van der Waals surface area (Å²) in [5.41, 5.74) is -0.586. The van der Waals surface area contributed by atoms with Gasteiger partial charge in [-0.1, -0.05) is 0 Å². The Labute approximate surface area is 124 Å². The zero-order valence-corrected chi connectivity index (χ0v) is 13.0. The van der Waals surface area contributed by atoms with Crippen molar-refractivity contribution in [1.29, 1.82) is 0 Å². The van der Waals surface area contributed by atoms with Crippen molar-refractivity contribution in [3.05, 3.63) is 31.9 Å². The summed E-state index contributed by atoms with van der Waals surface area (Å²) in [5.74, 6) is -0.0706. The highest BCUT2D eigenvalue weighted by Crippen LogP contribution is 2.25. The van der Waals surface area contributed by atoms with Crippen molar-refractivity contribution in [2.75, 3.05) is 6.61 Å². The van der Waals surface area contributed by atoms with Crippen molar-refractivity contribution in [3.63, 3.8) is 0 Å². The van der Waals surface area contributed by atoms with Gasteiger partial charge in [0.25, 0.3) is 5.69 Å². The Kier molecular flexibility index (Phi) is 5.10. The number of ether oxygens (including phenoxy) is 2. The minimum atomic E-state index is -0.566. The molecule has 1 aromatic carbocycles. The fourth-order valence-corrected chi connectivity index (χ4v) is 1.88. The lowest BCUT2D eigenvalue weighted by molar-refractivity contribution is -0.385. The second-order valence-electron chi connectivity index (χ2n) is 4.75. The molecule has 0 unspecified atom stereocenters. The fourth-order valence-electron chi connectivity index (χ4n) is 1.23. The molecule has 0 bridgehead atoms. The Hall–Kier alpha value is -1.38. The van der Waals surface area contributed by atoms with Crippen LogP contribution in [-0.2, 0) is 9.53 Å². The van der Waals surface area contributed by atoms with Crippen molar-refractivity contribution >= 4 is 34.2 Å². The maximum Gasteiger partial charge on any atom is 0.344 e. The van der Waals surface area contributed by atoms with Crippen LogP contribution in [0, 0.1) is 13.7 Å². The molecule has 0 fully saturated rings. The molecule has 1 rings (SSSR count). The van der Waals surface area contributed by atoms with Crippen LogP contribution in [0.2, 0.25) is 0 Å². The van der Waals surface area contributed by atoms with E-state index in [0.717, 1.165) is 0 Å². The SMILES string of the molecule is CC(C)(C)OC(=O)COc1ccc([N+](=O)[O-])cc1I. The number of nitrogens with zero attached hydrogens (tertiary/aromatic N) is 1. The monoisotopic (exact) mass is 379 g/mol. The number of nitro benzene ring substituents is 1. The quantitative estimate of drug-likeness (QED) is 0.348. The summed E-state index contributed by atoms with van der Waals surface area (Å²) >= 11 is 1.91. The Morgan fingerprint density at radius 2 is 2.05 bits per heavy atom. The first kappa shape index (κ1) is 15.7. The van der Waals surface area contributed by atoms with E-state index in [1.165, 1.54) is 18.2 Å². The third-order valence-corrected chi connectivity index (χ3v) is 2.73. The third kappa shape index (κ3) is 5.41. The first-order valence-corrected chi connectivity index (χ1v) is 6.55. The van der Waals surface area contributed by atoms with Gasteiger partial charge < -0.3 is 9.47 Å². The number of benzene rings is 1. The third-order valence-electron chi connectivity index (χ3n) is 1.89. The number of rotatable bonds is 4. The predicted molar refractivity (Wildman–Crippen MR) is 77.2 cm³/mol. The fraction of sp³-hybridized carbons (Fsp3) is 0.417. The molecule has 0 aliphatic carbocycles. The Bertz CT molecular complexity index is 495.